The number of hydrogen-bond acceptors (Lipinski definition) is 1. The van der Waals surface area contributed by atoms with E-state index in [4.69, 9.17) is 0 Å². The van der Waals surface area contributed by atoms with Crippen LogP contribution in [0.4, 0.5) is 4.79 Å². The Balaban J connectivity index is 1.81. The maximum atomic E-state index is 11.8. The molecule has 0 aromatic heterocycles. The van der Waals surface area contributed by atoms with Crippen LogP contribution >= 0.6 is 0 Å². The van der Waals surface area contributed by atoms with Gasteiger partial charge in [0.1, 0.15) is 0 Å². The fraction of sp³-hybridized carbons (Fsp3) is 0.105. The Morgan fingerprint density at radius 2 is 1.68 bits per heavy atom. The van der Waals surface area contributed by atoms with Crippen molar-refractivity contribution in [2.45, 2.75) is 13.0 Å². The maximum Gasteiger partial charge on any atom is 0.319 e. The van der Waals surface area contributed by atoms with E-state index in [1.54, 1.807) is 0 Å². The second kappa shape index (κ2) is 6.31. The second-order valence-corrected chi connectivity index (χ2v) is 5.35. The van der Waals surface area contributed by atoms with Crippen molar-refractivity contribution in [3.8, 4) is 0 Å². The van der Waals surface area contributed by atoms with E-state index in [1.807, 2.05) is 48.6 Å². The number of urea groups is 1. The standard InChI is InChI=1S/C19H18N2O/c1-14-7-9-15(10-8-14)11-12-17-13-18(21-19(22)20-17)16-5-3-2-4-6-16/h2-13,18H,1H3,(H2,20,21,22). The topological polar surface area (TPSA) is 41.1 Å². The molecule has 1 unspecified atom stereocenters. The van der Waals surface area contributed by atoms with Crippen LogP contribution in [0.2, 0.25) is 0 Å². The fourth-order valence-corrected chi connectivity index (χ4v) is 2.37. The Kier molecular flexibility index (Phi) is 4.05. The Hall–Kier alpha value is -2.81. The Morgan fingerprint density at radius 1 is 0.955 bits per heavy atom. The predicted octanol–water partition coefficient (Wildman–Crippen LogP) is 3.95. The van der Waals surface area contributed by atoms with Crippen molar-refractivity contribution in [1.82, 2.24) is 10.6 Å². The lowest BCUT2D eigenvalue weighted by Gasteiger charge is -2.22. The molecule has 3 rings (SSSR count). The van der Waals surface area contributed by atoms with Crippen LogP contribution in [-0.4, -0.2) is 6.03 Å². The van der Waals surface area contributed by atoms with E-state index in [-0.39, 0.29) is 12.1 Å². The molecule has 1 heterocycles. The van der Waals surface area contributed by atoms with E-state index in [9.17, 15) is 4.79 Å². The van der Waals surface area contributed by atoms with Crippen molar-refractivity contribution < 1.29 is 4.79 Å². The molecule has 0 aliphatic carbocycles. The minimum Gasteiger partial charge on any atom is -0.327 e. The maximum absolute atomic E-state index is 11.8. The number of hydrogen-bond donors (Lipinski definition) is 2. The molecule has 1 aliphatic heterocycles. The average molecular weight is 290 g/mol. The number of carbonyl (C=O) groups excluding carboxylic acids is 1. The number of rotatable bonds is 3. The van der Waals surface area contributed by atoms with Crippen LogP contribution in [0.15, 0.2) is 72.4 Å². The number of benzene rings is 2. The first-order valence-corrected chi connectivity index (χ1v) is 7.30. The largest absolute Gasteiger partial charge is 0.327 e. The van der Waals surface area contributed by atoms with Gasteiger partial charge in [-0.25, -0.2) is 4.79 Å². The number of aryl methyl sites for hydroxylation is 1. The van der Waals surface area contributed by atoms with Gasteiger partial charge in [0.2, 0.25) is 0 Å². The highest BCUT2D eigenvalue weighted by molar-refractivity contribution is 5.79. The Bertz CT molecular complexity index is 715. The molecule has 110 valence electrons. The minimum absolute atomic E-state index is 0.104. The highest BCUT2D eigenvalue weighted by Crippen LogP contribution is 2.19. The van der Waals surface area contributed by atoms with Crippen LogP contribution in [0.25, 0.3) is 6.08 Å². The van der Waals surface area contributed by atoms with Crippen LogP contribution < -0.4 is 10.6 Å². The highest BCUT2D eigenvalue weighted by atomic mass is 16.2. The highest BCUT2D eigenvalue weighted by Gasteiger charge is 2.17. The lowest BCUT2D eigenvalue weighted by atomic mass is 10.0. The van der Waals surface area contributed by atoms with Gasteiger partial charge in [0.05, 0.1) is 6.04 Å². The summed E-state index contributed by atoms with van der Waals surface area (Å²) in [4.78, 5) is 11.8. The van der Waals surface area contributed by atoms with Crippen molar-refractivity contribution in [3.05, 3.63) is 89.1 Å². The summed E-state index contributed by atoms with van der Waals surface area (Å²) >= 11 is 0. The minimum atomic E-state index is -0.181. The monoisotopic (exact) mass is 290 g/mol. The van der Waals surface area contributed by atoms with Gasteiger partial charge in [0.25, 0.3) is 0 Å². The van der Waals surface area contributed by atoms with Gasteiger partial charge in [0.15, 0.2) is 0 Å². The third-order valence-corrected chi connectivity index (χ3v) is 3.58. The Labute approximate surface area is 130 Å². The molecule has 3 nitrogen and oxygen atoms in total. The second-order valence-electron chi connectivity index (χ2n) is 5.35. The van der Waals surface area contributed by atoms with Gasteiger partial charge in [0, 0.05) is 5.70 Å². The zero-order valence-corrected chi connectivity index (χ0v) is 12.4. The third-order valence-electron chi connectivity index (χ3n) is 3.58. The van der Waals surface area contributed by atoms with Crippen molar-refractivity contribution in [1.29, 1.82) is 0 Å². The van der Waals surface area contributed by atoms with Gasteiger partial charge in [-0.2, -0.15) is 0 Å². The molecular weight excluding hydrogens is 272 g/mol. The van der Waals surface area contributed by atoms with Crippen molar-refractivity contribution in [2.75, 3.05) is 0 Å². The lowest BCUT2D eigenvalue weighted by Crippen LogP contribution is -2.40. The average Bonchev–Trinajstić information content (AvgIpc) is 2.55. The van der Waals surface area contributed by atoms with Crippen LogP contribution in [0.1, 0.15) is 22.7 Å². The molecule has 2 aromatic carbocycles. The van der Waals surface area contributed by atoms with Crippen LogP contribution in [0.3, 0.4) is 0 Å². The van der Waals surface area contributed by atoms with Crippen LogP contribution in [0, 0.1) is 6.92 Å². The van der Waals surface area contributed by atoms with Crippen molar-refractivity contribution >= 4 is 12.1 Å². The number of amides is 2. The molecule has 1 aliphatic rings. The van der Waals surface area contributed by atoms with Gasteiger partial charge in [-0.05, 0) is 30.2 Å². The smallest absolute Gasteiger partial charge is 0.319 e. The van der Waals surface area contributed by atoms with E-state index >= 15 is 0 Å². The lowest BCUT2D eigenvalue weighted by molar-refractivity contribution is 0.240. The molecule has 2 N–H and O–H groups in total. The molecule has 0 saturated carbocycles. The molecule has 0 radical (unpaired) electrons. The summed E-state index contributed by atoms with van der Waals surface area (Å²) in [6.45, 7) is 2.06. The zero-order valence-electron chi connectivity index (χ0n) is 12.4. The predicted molar refractivity (Wildman–Crippen MR) is 89.1 cm³/mol. The zero-order chi connectivity index (χ0) is 15.4. The summed E-state index contributed by atoms with van der Waals surface area (Å²) in [7, 11) is 0. The normalized spacial score (nSPS) is 17.8. The number of nitrogens with one attached hydrogen (secondary N) is 2. The van der Waals surface area contributed by atoms with Crippen LogP contribution in [0.5, 0.6) is 0 Å². The van der Waals surface area contributed by atoms with Gasteiger partial charge >= 0.3 is 6.03 Å². The van der Waals surface area contributed by atoms with Crippen molar-refractivity contribution in [3.63, 3.8) is 0 Å². The number of carbonyl (C=O) groups is 1. The summed E-state index contributed by atoms with van der Waals surface area (Å²) in [5, 5.41) is 5.73. The molecule has 3 heteroatoms. The SMILES string of the molecule is Cc1ccc(C=CC2=CC(c3ccccc3)NC(=O)N2)cc1. The third kappa shape index (κ3) is 3.44. The van der Waals surface area contributed by atoms with Crippen LogP contribution in [-0.2, 0) is 0 Å². The van der Waals surface area contributed by atoms with E-state index in [2.05, 4.69) is 41.8 Å². The molecule has 22 heavy (non-hydrogen) atoms. The summed E-state index contributed by atoms with van der Waals surface area (Å²) in [6, 6.07) is 17.9. The first-order chi connectivity index (χ1) is 10.7. The quantitative estimate of drug-likeness (QED) is 0.883. The molecule has 0 spiro atoms. The van der Waals surface area contributed by atoms with E-state index < -0.39 is 0 Å². The molecule has 0 fully saturated rings. The van der Waals surface area contributed by atoms with E-state index in [1.165, 1.54) is 5.56 Å². The first kappa shape index (κ1) is 14.1. The number of allylic oxidation sites excluding steroid dienone is 1. The summed E-state index contributed by atoms with van der Waals surface area (Å²) in [5.41, 5.74) is 4.21. The van der Waals surface area contributed by atoms with Gasteiger partial charge in [-0.1, -0.05) is 66.2 Å². The molecular formula is C19H18N2O. The Morgan fingerprint density at radius 3 is 2.41 bits per heavy atom. The molecule has 0 saturated heterocycles. The fourth-order valence-electron chi connectivity index (χ4n) is 2.37. The van der Waals surface area contributed by atoms with Gasteiger partial charge in [-0.15, -0.1) is 0 Å². The molecule has 1 atom stereocenters. The first-order valence-electron chi connectivity index (χ1n) is 7.30. The molecule has 0 bridgehead atoms. The summed E-state index contributed by atoms with van der Waals surface area (Å²) in [6.07, 6.45) is 5.94. The van der Waals surface area contributed by atoms with Crippen molar-refractivity contribution in [2.24, 2.45) is 0 Å². The molecule has 2 aromatic rings. The van der Waals surface area contributed by atoms with Gasteiger partial charge < -0.3 is 10.6 Å². The van der Waals surface area contributed by atoms with E-state index in [0.717, 1.165) is 16.8 Å². The van der Waals surface area contributed by atoms with Gasteiger partial charge in [-0.3, -0.25) is 0 Å². The summed E-state index contributed by atoms with van der Waals surface area (Å²) < 4.78 is 0. The molecule has 2 amide bonds. The summed E-state index contributed by atoms with van der Waals surface area (Å²) in [5.74, 6) is 0. The van der Waals surface area contributed by atoms with E-state index in [0.29, 0.717) is 0 Å².